The van der Waals surface area contributed by atoms with Gasteiger partial charge in [0.15, 0.2) is 5.78 Å². The zero-order valence-electron chi connectivity index (χ0n) is 18.1. The number of nitrogens with zero attached hydrogens (tertiary/aromatic N) is 3. The minimum atomic E-state index is -3.33. The molecule has 0 fully saturated rings. The summed E-state index contributed by atoms with van der Waals surface area (Å²) >= 11 is 1.60. The molecule has 1 aliphatic heterocycles. The molecular weight excluding hydrogens is 446 g/mol. The van der Waals surface area contributed by atoms with Crippen LogP contribution in [0.1, 0.15) is 46.6 Å². The second kappa shape index (κ2) is 7.81. The molecule has 2 aromatic heterocycles. The number of aromatic nitrogens is 2. The lowest BCUT2D eigenvalue weighted by molar-refractivity contribution is 0.0970. The van der Waals surface area contributed by atoms with Gasteiger partial charge >= 0.3 is 0 Å². The van der Waals surface area contributed by atoms with Crippen molar-refractivity contribution in [2.24, 2.45) is 5.92 Å². The third-order valence-corrected chi connectivity index (χ3v) is 9.49. The number of thiophene rings is 1. The fraction of sp³-hybridized carbons (Fsp3) is 0.435. The highest BCUT2D eigenvalue weighted by molar-refractivity contribution is 7.92. The second-order valence-corrected chi connectivity index (χ2v) is 12.0. The number of carbonyl (C=O) groups excluding carboxylic acids is 1. The van der Waals surface area contributed by atoms with E-state index >= 15 is 0 Å². The summed E-state index contributed by atoms with van der Waals surface area (Å²) in [5, 5.41) is 0.668. The molecule has 0 amide bonds. The number of benzene rings is 1. The number of rotatable bonds is 5. The Morgan fingerprint density at radius 2 is 2.09 bits per heavy atom. The molecule has 32 heavy (non-hydrogen) atoms. The fourth-order valence-corrected chi connectivity index (χ4v) is 7.21. The molecule has 0 saturated carbocycles. The lowest BCUT2D eigenvalue weighted by Crippen LogP contribution is -2.30. The normalized spacial score (nSPS) is 18.1. The molecule has 7 nitrogen and oxygen atoms in total. The number of anilines is 1. The Kier molecular flexibility index (Phi) is 5.21. The summed E-state index contributed by atoms with van der Waals surface area (Å²) in [7, 11) is -3.33. The van der Waals surface area contributed by atoms with Crippen LogP contribution in [0.25, 0.3) is 10.2 Å². The monoisotopic (exact) mass is 471 g/mol. The largest absolute Gasteiger partial charge is 0.292 e. The molecule has 3 heterocycles. The van der Waals surface area contributed by atoms with Crippen molar-refractivity contribution in [3.8, 4) is 0 Å². The van der Waals surface area contributed by atoms with Gasteiger partial charge in [0.05, 0.1) is 29.7 Å². The van der Waals surface area contributed by atoms with E-state index in [4.69, 9.17) is 0 Å². The number of fused-ring (bicyclic) bond motifs is 4. The van der Waals surface area contributed by atoms with Crippen molar-refractivity contribution in [2.75, 3.05) is 16.6 Å². The molecule has 3 aromatic rings. The predicted octanol–water partition coefficient (Wildman–Crippen LogP) is 3.18. The quantitative estimate of drug-likeness (QED) is 0.533. The maximum atomic E-state index is 13.2. The summed E-state index contributed by atoms with van der Waals surface area (Å²) in [6.45, 7) is 4.16. The van der Waals surface area contributed by atoms with Gasteiger partial charge in [-0.2, -0.15) is 0 Å². The van der Waals surface area contributed by atoms with Crippen molar-refractivity contribution in [3.05, 3.63) is 56.4 Å². The predicted molar refractivity (Wildman–Crippen MR) is 126 cm³/mol. The van der Waals surface area contributed by atoms with Crippen LogP contribution >= 0.6 is 11.3 Å². The lowest BCUT2D eigenvalue weighted by Gasteiger charge is -2.18. The molecule has 5 rings (SSSR count). The molecule has 0 N–H and O–H groups in total. The van der Waals surface area contributed by atoms with Crippen molar-refractivity contribution in [2.45, 2.75) is 46.1 Å². The number of hydrogen-bond donors (Lipinski definition) is 0. The standard InChI is InChI=1S/C23H25N3O4S2/c1-3-32(29,30)26-9-8-15-11-16(5-7-18(15)26)19(27)12-25-13-24-22-21(23(25)28)17-6-4-14(2)10-20(17)31-22/h5,7,11,13-14H,3-4,6,8-10,12H2,1-2H3/t14-/m0/s1. The number of sulfonamides is 1. The van der Waals surface area contributed by atoms with Crippen LogP contribution in [0, 0.1) is 5.92 Å². The number of ketones is 1. The Bertz CT molecular complexity index is 1400. The summed E-state index contributed by atoms with van der Waals surface area (Å²) in [6, 6.07) is 5.10. The van der Waals surface area contributed by atoms with Crippen LogP contribution in [-0.4, -0.2) is 36.0 Å². The van der Waals surface area contributed by atoms with Gasteiger partial charge in [-0.1, -0.05) is 6.92 Å². The van der Waals surface area contributed by atoms with Crippen LogP contribution < -0.4 is 9.86 Å². The van der Waals surface area contributed by atoms with Crippen molar-refractivity contribution in [3.63, 3.8) is 0 Å². The fourth-order valence-electron chi connectivity index (χ4n) is 4.71. The van der Waals surface area contributed by atoms with E-state index in [-0.39, 0.29) is 23.6 Å². The zero-order valence-corrected chi connectivity index (χ0v) is 19.8. The van der Waals surface area contributed by atoms with Crippen LogP contribution in [0.15, 0.2) is 29.3 Å². The Morgan fingerprint density at radius 3 is 2.88 bits per heavy atom. The van der Waals surface area contributed by atoms with Gasteiger partial charge in [0, 0.05) is 17.0 Å². The van der Waals surface area contributed by atoms with Crippen molar-refractivity contribution in [1.29, 1.82) is 0 Å². The number of hydrogen-bond acceptors (Lipinski definition) is 6. The molecule has 0 unspecified atom stereocenters. The number of carbonyl (C=O) groups is 1. The van der Waals surface area contributed by atoms with Gasteiger partial charge in [0.1, 0.15) is 4.83 Å². The summed E-state index contributed by atoms with van der Waals surface area (Å²) < 4.78 is 27.4. The van der Waals surface area contributed by atoms with Crippen molar-refractivity contribution < 1.29 is 13.2 Å². The van der Waals surface area contributed by atoms with Gasteiger partial charge in [0.2, 0.25) is 10.0 Å². The van der Waals surface area contributed by atoms with E-state index < -0.39 is 10.0 Å². The van der Waals surface area contributed by atoms with Crippen LogP contribution in [0.5, 0.6) is 0 Å². The SMILES string of the molecule is CCS(=O)(=O)N1CCc2cc(C(=O)Cn3cnc4sc5c(c4c3=O)CC[C@H](C)C5)ccc21. The average Bonchev–Trinajstić information content (AvgIpc) is 3.36. The van der Waals surface area contributed by atoms with Crippen LogP contribution in [0.4, 0.5) is 5.69 Å². The highest BCUT2D eigenvalue weighted by Gasteiger charge is 2.29. The molecule has 0 radical (unpaired) electrons. The Morgan fingerprint density at radius 1 is 1.28 bits per heavy atom. The molecule has 9 heteroatoms. The van der Waals surface area contributed by atoms with Crippen molar-refractivity contribution >= 4 is 43.0 Å². The first-order valence-electron chi connectivity index (χ1n) is 10.9. The van der Waals surface area contributed by atoms with E-state index in [0.29, 0.717) is 35.5 Å². The van der Waals surface area contributed by atoms with Gasteiger partial charge in [-0.25, -0.2) is 13.4 Å². The Labute approximate surface area is 190 Å². The Hall–Kier alpha value is -2.52. The first-order chi connectivity index (χ1) is 15.3. The third-order valence-electron chi connectivity index (χ3n) is 6.55. The van der Waals surface area contributed by atoms with Gasteiger partial charge in [-0.3, -0.25) is 18.5 Å². The number of aryl methyl sites for hydroxylation is 1. The summed E-state index contributed by atoms with van der Waals surface area (Å²) in [5.41, 5.74) is 2.92. The van der Waals surface area contributed by atoms with Gasteiger partial charge in [0.25, 0.3) is 5.56 Å². The van der Waals surface area contributed by atoms with Crippen LogP contribution in [0.3, 0.4) is 0 Å². The minimum absolute atomic E-state index is 0.0384. The second-order valence-electron chi connectivity index (χ2n) is 8.70. The number of Topliss-reactive ketones (excluding diaryl/α,β-unsaturated/α-hetero) is 1. The van der Waals surface area contributed by atoms with E-state index in [1.165, 1.54) is 20.1 Å². The third kappa shape index (κ3) is 3.47. The molecule has 1 aromatic carbocycles. The molecule has 168 valence electrons. The highest BCUT2D eigenvalue weighted by atomic mass is 32.2. The van der Waals surface area contributed by atoms with Crippen LogP contribution in [-0.2, 0) is 35.8 Å². The van der Waals surface area contributed by atoms with Crippen LogP contribution in [0.2, 0.25) is 0 Å². The minimum Gasteiger partial charge on any atom is -0.292 e. The smallest absolute Gasteiger partial charge is 0.262 e. The van der Waals surface area contributed by atoms with E-state index in [1.54, 1.807) is 36.5 Å². The topological polar surface area (TPSA) is 89.3 Å². The molecule has 0 spiro atoms. The van der Waals surface area contributed by atoms with Gasteiger partial charge in [-0.15, -0.1) is 11.3 Å². The van der Waals surface area contributed by atoms with Crippen molar-refractivity contribution in [1.82, 2.24) is 9.55 Å². The maximum Gasteiger partial charge on any atom is 0.262 e. The maximum absolute atomic E-state index is 13.2. The summed E-state index contributed by atoms with van der Waals surface area (Å²) in [4.78, 5) is 32.7. The summed E-state index contributed by atoms with van der Waals surface area (Å²) in [6.07, 6.45) is 4.97. The highest BCUT2D eigenvalue weighted by Crippen LogP contribution is 2.35. The zero-order chi connectivity index (χ0) is 22.6. The molecule has 0 bridgehead atoms. The summed E-state index contributed by atoms with van der Waals surface area (Å²) in [5.74, 6) is 0.462. The van der Waals surface area contributed by atoms with Gasteiger partial charge < -0.3 is 0 Å². The van der Waals surface area contributed by atoms with Gasteiger partial charge in [-0.05, 0) is 67.9 Å². The molecule has 2 aliphatic rings. The Balaban J connectivity index is 1.44. The molecule has 1 atom stereocenters. The van der Waals surface area contributed by atoms with E-state index in [0.717, 1.165) is 35.2 Å². The molecule has 0 saturated heterocycles. The molecule has 1 aliphatic carbocycles. The first kappa shape index (κ1) is 21.3. The average molecular weight is 472 g/mol. The van der Waals surface area contributed by atoms with E-state index in [1.807, 2.05) is 0 Å². The molecular formula is C23H25N3O4S2. The lowest BCUT2D eigenvalue weighted by atomic mass is 9.89. The van der Waals surface area contributed by atoms with E-state index in [2.05, 4.69) is 11.9 Å². The first-order valence-corrected chi connectivity index (χ1v) is 13.4. The van der Waals surface area contributed by atoms with E-state index in [9.17, 15) is 18.0 Å².